The Kier molecular flexibility index (Phi) is 6.80. The summed E-state index contributed by atoms with van der Waals surface area (Å²) in [4.78, 5) is 0. The summed E-state index contributed by atoms with van der Waals surface area (Å²) in [6, 6.07) is 0. The Hall–Kier alpha value is 0.441. The van der Waals surface area contributed by atoms with Gasteiger partial charge in [-0.3, -0.25) is 0 Å². The first-order valence-electron chi connectivity index (χ1n) is 10.3. The Balaban J connectivity index is 2.51. The second-order valence-corrected chi connectivity index (χ2v) is 13.4. The van der Waals surface area contributed by atoms with Crippen LogP contribution in [0.1, 0.15) is 94.9 Å². The van der Waals surface area contributed by atoms with Gasteiger partial charge in [0, 0.05) is 0 Å². The van der Waals surface area contributed by atoms with E-state index in [4.69, 9.17) is 0 Å². The molecule has 0 aromatic heterocycles. The molecule has 0 aliphatic heterocycles. The molecule has 0 spiro atoms. The molecule has 2 atom stereocenters. The van der Waals surface area contributed by atoms with Gasteiger partial charge in [0.2, 0.25) is 0 Å². The Morgan fingerprint density at radius 2 is 0.920 bits per heavy atom. The van der Waals surface area contributed by atoms with Gasteiger partial charge in [-0.05, 0) is 0 Å². The Morgan fingerprint density at radius 3 is 1.20 bits per heavy atom. The second kappa shape index (κ2) is 7.82. The van der Waals surface area contributed by atoms with Crippen LogP contribution in [0.15, 0.2) is 34.5 Å². The molecular weight excluding hydrogens is 376 g/mol. The van der Waals surface area contributed by atoms with Gasteiger partial charge in [0.05, 0.1) is 0 Å². The average molecular weight is 414 g/mol. The zero-order valence-corrected chi connectivity index (χ0v) is 22.0. The molecule has 2 aliphatic carbocycles. The molecule has 0 fully saturated rings. The van der Waals surface area contributed by atoms with Gasteiger partial charge in [-0.25, -0.2) is 0 Å². The molecule has 0 aromatic rings. The molecule has 0 heterocycles. The fourth-order valence-electron chi connectivity index (χ4n) is 5.63. The molecule has 2 rings (SSSR count). The third-order valence-electron chi connectivity index (χ3n) is 8.00. The van der Waals surface area contributed by atoms with Crippen molar-refractivity contribution >= 4 is 41.0 Å². The van der Waals surface area contributed by atoms with Crippen LogP contribution in [0.25, 0.3) is 0 Å². The van der Waals surface area contributed by atoms with Crippen LogP contribution in [0.4, 0.5) is 0 Å². The fourth-order valence-corrected chi connectivity index (χ4v) is 13.2. The molecule has 2 unspecified atom stereocenters. The van der Waals surface area contributed by atoms with Gasteiger partial charge in [0.1, 0.15) is 0 Å². The van der Waals surface area contributed by atoms with Crippen molar-refractivity contribution in [2.24, 2.45) is 10.8 Å². The summed E-state index contributed by atoms with van der Waals surface area (Å²) >= 11 is -1.25. The van der Waals surface area contributed by atoms with Gasteiger partial charge in [-0.15, -0.1) is 0 Å². The van der Waals surface area contributed by atoms with E-state index in [1.54, 1.807) is 33.4 Å². The zero-order chi connectivity index (χ0) is 19.2. The molecule has 1 heteroatoms. The van der Waals surface area contributed by atoms with Crippen LogP contribution >= 0.6 is 0 Å². The van der Waals surface area contributed by atoms with Gasteiger partial charge in [-0.1, -0.05) is 0 Å². The molecule has 136 valence electrons. The summed E-state index contributed by atoms with van der Waals surface area (Å²) in [5.74, 6) is 0. The van der Waals surface area contributed by atoms with Crippen molar-refractivity contribution < 1.29 is 0 Å². The summed E-state index contributed by atoms with van der Waals surface area (Å²) in [7, 11) is 0. The monoisotopic (exact) mass is 414 g/mol. The predicted molar refractivity (Wildman–Crippen MR) is 114 cm³/mol. The first kappa shape index (κ1) is 21.7. The van der Waals surface area contributed by atoms with Crippen molar-refractivity contribution in [1.82, 2.24) is 0 Å². The summed E-state index contributed by atoms with van der Waals surface area (Å²) in [5.41, 5.74) is 10.5. The van der Waals surface area contributed by atoms with Crippen LogP contribution < -0.4 is 0 Å². The molecule has 0 nitrogen and oxygen atoms in total. The van der Waals surface area contributed by atoms with E-state index < -0.39 is 41.0 Å². The Bertz CT molecular complexity index is 638. The molecule has 0 N–H and O–H groups in total. The van der Waals surface area contributed by atoms with E-state index in [1.165, 1.54) is 25.7 Å². The molecule has 0 saturated heterocycles. The molecule has 0 aromatic carbocycles. The number of hydrogen-bond acceptors (Lipinski definition) is 0. The van der Waals surface area contributed by atoms with Gasteiger partial charge in [0.25, 0.3) is 0 Å². The van der Waals surface area contributed by atoms with E-state index in [1.807, 2.05) is 1.09 Å². The molecule has 0 bridgehead atoms. The molecule has 2 aliphatic rings. The van der Waals surface area contributed by atoms with Gasteiger partial charge < -0.3 is 0 Å². The van der Waals surface area contributed by atoms with Crippen molar-refractivity contribution in [2.75, 3.05) is 0 Å². The Morgan fingerprint density at radius 1 is 0.600 bits per heavy atom. The van der Waals surface area contributed by atoms with E-state index >= 15 is 0 Å². The Labute approximate surface area is 179 Å². The van der Waals surface area contributed by atoms with Crippen LogP contribution in [-0.2, 0) is 0 Å². The van der Waals surface area contributed by atoms with Crippen molar-refractivity contribution in [3.05, 3.63) is 34.5 Å². The van der Waals surface area contributed by atoms with Crippen molar-refractivity contribution in [3.63, 3.8) is 0 Å². The molecule has 0 amide bonds. The first-order chi connectivity index (χ1) is 11.6. The van der Waals surface area contributed by atoms with Crippen molar-refractivity contribution in [3.8, 4) is 0 Å². The number of allylic oxidation sites excluding steroid dienone is 8. The first-order valence-corrected chi connectivity index (χ1v) is 13.8. The second-order valence-electron chi connectivity index (χ2n) is 9.05. The third kappa shape index (κ3) is 3.37. The van der Waals surface area contributed by atoms with E-state index in [-0.39, 0.29) is 0 Å². The van der Waals surface area contributed by atoms with E-state index in [0.29, 0.717) is 10.8 Å². The summed E-state index contributed by atoms with van der Waals surface area (Å²) in [6.45, 7) is 24.2. The maximum atomic E-state index is 2.55. The van der Waals surface area contributed by atoms with Crippen LogP contribution in [-0.4, -0.2) is 41.0 Å². The van der Waals surface area contributed by atoms with E-state index in [2.05, 4.69) is 69.2 Å². The van der Waals surface area contributed by atoms with E-state index in [0.717, 1.165) is 0 Å². The van der Waals surface area contributed by atoms with Crippen LogP contribution in [0.2, 0.25) is 0 Å². The van der Waals surface area contributed by atoms with Crippen molar-refractivity contribution in [1.29, 1.82) is 0 Å². The molecule has 0 saturated carbocycles. The summed E-state index contributed by atoms with van der Waals surface area (Å²) in [5, 5.41) is 0. The SMILES string of the molecule is CCCC1(C)C(C)=C(C)C(C)=[C]1[Sr][C]1=C(C)C(C)=C(C)C1(C)CCC. The molecule has 25 heavy (non-hydrogen) atoms. The summed E-state index contributed by atoms with van der Waals surface area (Å²) in [6.07, 6.45) is 5.21. The number of rotatable bonds is 6. The van der Waals surface area contributed by atoms with Crippen molar-refractivity contribution in [2.45, 2.75) is 94.9 Å². The average Bonchev–Trinajstić information content (AvgIpc) is 2.81. The predicted octanol–water partition coefficient (Wildman–Crippen LogP) is 7.55. The van der Waals surface area contributed by atoms with Crippen LogP contribution in [0.5, 0.6) is 0 Å². The summed E-state index contributed by atoms with van der Waals surface area (Å²) < 4.78 is 3.82. The van der Waals surface area contributed by atoms with Crippen LogP contribution in [0.3, 0.4) is 0 Å². The minimum atomic E-state index is -1.25. The zero-order valence-electron chi connectivity index (χ0n) is 18.5. The minimum absolute atomic E-state index is 0.351. The standard InChI is InChI=1S/2C12H19.Sr/c2*1-6-7-12(5)8-9(2)10(3)11(12)4;/h2*6-7H2,1-5H3;. The van der Waals surface area contributed by atoms with Gasteiger partial charge >= 0.3 is 181 Å². The van der Waals surface area contributed by atoms with Crippen LogP contribution in [0, 0.1) is 10.8 Å². The molecular formula is C24H38Sr. The quantitative estimate of drug-likeness (QED) is 0.394. The topological polar surface area (TPSA) is 0 Å². The molecule has 0 radical (unpaired) electrons. The maximum absolute atomic E-state index is 2.55. The number of hydrogen-bond donors (Lipinski definition) is 0. The van der Waals surface area contributed by atoms with E-state index in [9.17, 15) is 0 Å². The fraction of sp³-hybridized carbons (Fsp3) is 0.667. The third-order valence-corrected chi connectivity index (χ3v) is 16.2. The van der Waals surface area contributed by atoms with Gasteiger partial charge in [-0.2, -0.15) is 0 Å². The normalized spacial score (nSPS) is 30.2. The van der Waals surface area contributed by atoms with Gasteiger partial charge in [0.15, 0.2) is 0 Å².